The third-order valence-electron chi connectivity index (χ3n) is 5.10. The Balaban J connectivity index is 3.03. The Hall–Kier alpha value is -1.06. The van der Waals surface area contributed by atoms with Crippen molar-refractivity contribution in [1.82, 2.24) is 0 Å². The van der Waals surface area contributed by atoms with Gasteiger partial charge in [-0.1, -0.05) is 74.7 Å². The summed E-state index contributed by atoms with van der Waals surface area (Å²) in [4.78, 5) is 26.1. The molecule has 0 aromatic heterocycles. The summed E-state index contributed by atoms with van der Waals surface area (Å²) in [6.07, 6.45) is 5.43. The largest absolute Gasteiger partial charge is 0.465 e. The van der Waals surface area contributed by atoms with Gasteiger partial charge in [0.2, 0.25) is 0 Å². The first-order valence-electron chi connectivity index (χ1n) is 10.6. The lowest BCUT2D eigenvalue weighted by atomic mass is 9.70. The van der Waals surface area contributed by atoms with E-state index in [1.54, 1.807) is 0 Å². The van der Waals surface area contributed by atoms with Gasteiger partial charge in [-0.2, -0.15) is 0 Å². The monoisotopic (exact) mass is 382 g/mol. The van der Waals surface area contributed by atoms with Crippen LogP contribution in [0, 0.1) is 34.5 Å². The van der Waals surface area contributed by atoms with Crippen molar-refractivity contribution in [3.05, 3.63) is 0 Å². The fourth-order valence-electron chi connectivity index (χ4n) is 3.73. The highest BCUT2D eigenvalue weighted by molar-refractivity contribution is 5.82. The fourth-order valence-corrected chi connectivity index (χ4v) is 3.73. The number of carbonyl (C=O) groups excluding carboxylic acids is 2. The first-order chi connectivity index (χ1) is 12.3. The molecule has 0 aliphatic heterocycles. The molecule has 4 heteroatoms. The van der Waals surface area contributed by atoms with E-state index in [1.807, 2.05) is 55.4 Å². The van der Waals surface area contributed by atoms with Gasteiger partial charge >= 0.3 is 11.9 Å². The Morgan fingerprint density at radius 2 is 1.26 bits per heavy atom. The van der Waals surface area contributed by atoms with Gasteiger partial charge in [-0.15, -0.1) is 0 Å². The molecule has 4 nitrogen and oxygen atoms in total. The highest BCUT2D eigenvalue weighted by atomic mass is 16.5. The Kier molecular flexibility index (Phi) is 8.82. The van der Waals surface area contributed by atoms with Crippen molar-refractivity contribution in [3.8, 4) is 0 Å². The predicted molar refractivity (Wildman–Crippen MR) is 109 cm³/mol. The van der Waals surface area contributed by atoms with Crippen LogP contribution in [0.15, 0.2) is 0 Å². The fraction of sp³-hybridized carbons (Fsp3) is 0.913. The topological polar surface area (TPSA) is 52.6 Å². The van der Waals surface area contributed by atoms with Gasteiger partial charge in [0.05, 0.1) is 25.0 Å². The molecule has 2 unspecified atom stereocenters. The van der Waals surface area contributed by atoms with Gasteiger partial charge in [0.1, 0.15) is 0 Å². The van der Waals surface area contributed by atoms with Gasteiger partial charge in [-0.25, -0.2) is 0 Å². The number of carbonyl (C=O) groups is 2. The highest BCUT2D eigenvalue weighted by Gasteiger charge is 2.43. The molecule has 1 rings (SSSR count). The summed E-state index contributed by atoms with van der Waals surface area (Å²) in [7, 11) is 0. The third kappa shape index (κ3) is 8.66. The minimum absolute atomic E-state index is 0.0339. The van der Waals surface area contributed by atoms with Crippen molar-refractivity contribution >= 4 is 11.9 Å². The maximum Gasteiger partial charge on any atom is 0.310 e. The second-order valence-corrected chi connectivity index (χ2v) is 11.0. The molecule has 0 spiro atoms. The van der Waals surface area contributed by atoms with Crippen LogP contribution in [0.25, 0.3) is 0 Å². The van der Waals surface area contributed by atoms with Crippen LogP contribution in [-0.2, 0) is 19.1 Å². The average Bonchev–Trinajstić information content (AvgIpc) is 2.54. The molecular weight excluding hydrogens is 340 g/mol. The van der Waals surface area contributed by atoms with E-state index in [-0.39, 0.29) is 34.6 Å². The normalized spacial score (nSPS) is 18.9. The Morgan fingerprint density at radius 1 is 0.815 bits per heavy atom. The second kappa shape index (κ2) is 9.93. The quantitative estimate of drug-likeness (QED) is 0.535. The minimum Gasteiger partial charge on any atom is -0.465 e. The van der Waals surface area contributed by atoms with Crippen molar-refractivity contribution in [1.29, 1.82) is 0 Å². The number of hydrogen-bond donors (Lipinski definition) is 0. The summed E-state index contributed by atoms with van der Waals surface area (Å²) in [5, 5.41) is 0. The molecule has 0 N–H and O–H groups in total. The lowest BCUT2D eigenvalue weighted by molar-refractivity contribution is -0.169. The highest BCUT2D eigenvalue weighted by Crippen LogP contribution is 2.38. The van der Waals surface area contributed by atoms with Crippen LogP contribution in [0.1, 0.15) is 87.5 Å². The number of hydrogen-bond acceptors (Lipinski definition) is 4. The van der Waals surface area contributed by atoms with E-state index in [4.69, 9.17) is 9.47 Å². The molecule has 0 heterocycles. The molecule has 27 heavy (non-hydrogen) atoms. The molecule has 0 aromatic carbocycles. The van der Waals surface area contributed by atoms with Gasteiger partial charge in [0.15, 0.2) is 0 Å². The summed E-state index contributed by atoms with van der Waals surface area (Å²) in [5.41, 5.74) is -0.183. The van der Waals surface area contributed by atoms with Gasteiger partial charge < -0.3 is 9.47 Å². The van der Waals surface area contributed by atoms with Crippen molar-refractivity contribution in [2.45, 2.75) is 87.5 Å². The van der Waals surface area contributed by atoms with Crippen LogP contribution >= 0.6 is 0 Å². The summed E-state index contributed by atoms with van der Waals surface area (Å²) >= 11 is 0. The number of esters is 2. The van der Waals surface area contributed by atoms with Crippen LogP contribution in [-0.4, -0.2) is 25.2 Å². The van der Waals surface area contributed by atoms with Gasteiger partial charge in [-0.3, -0.25) is 9.59 Å². The molecule has 1 saturated carbocycles. The maximum absolute atomic E-state index is 13.1. The smallest absolute Gasteiger partial charge is 0.310 e. The standard InChI is InChI=1S/C23H42O4/c1-16(2)18(20(24)26-14-22(3,4)5)19(17-12-10-9-11-13-17)21(25)27-15-23(6,7)8/h16-19H,9-15H2,1-8H3. The summed E-state index contributed by atoms with van der Waals surface area (Å²) in [5.74, 6) is -1.07. The van der Waals surface area contributed by atoms with Crippen molar-refractivity contribution in [2.24, 2.45) is 34.5 Å². The zero-order valence-electron chi connectivity index (χ0n) is 18.9. The van der Waals surface area contributed by atoms with E-state index >= 15 is 0 Å². The predicted octanol–water partition coefficient (Wildman–Crippen LogP) is 5.63. The molecule has 1 fully saturated rings. The number of rotatable bonds is 7. The molecular formula is C23H42O4. The Labute approximate surface area is 166 Å². The van der Waals surface area contributed by atoms with Crippen LogP contribution in [0.2, 0.25) is 0 Å². The molecule has 1 aliphatic rings. The van der Waals surface area contributed by atoms with Gasteiger partial charge in [0.25, 0.3) is 0 Å². The number of ether oxygens (including phenoxy) is 2. The molecule has 0 saturated heterocycles. The van der Waals surface area contributed by atoms with Crippen molar-refractivity contribution in [3.63, 3.8) is 0 Å². The molecule has 0 bridgehead atoms. The van der Waals surface area contributed by atoms with E-state index in [9.17, 15) is 9.59 Å². The van der Waals surface area contributed by atoms with E-state index in [0.29, 0.717) is 13.2 Å². The Bertz CT molecular complexity index is 476. The Morgan fingerprint density at radius 3 is 1.67 bits per heavy atom. The zero-order chi connectivity index (χ0) is 20.8. The molecule has 0 amide bonds. The minimum atomic E-state index is -0.442. The van der Waals surface area contributed by atoms with E-state index in [2.05, 4.69) is 0 Å². The summed E-state index contributed by atoms with van der Waals surface area (Å²) in [6.45, 7) is 17.0. The molecule has 158 valence electrons. The average molecular weight is 383 g/mol. The molecule has 2 atom stereocenters. The molecule has 0 radical (unpaired) electrons. The maximum atomic E-state index is 13.1. The van der Waals surface area contributed by atoms with Crippen LogP contribution < -0.4 is 0 Å². The first kappa shape index (κ1) is 24.0. The molecule has 0 aromatic rings. The van der Waals surface area contributed by atoms with Crippen LogP contribution in [0.4, 0.5) is 0 Å². The summed E-state index contributed by atoms with van der Waals surface area (Å²) in [6, 6.07) is 0. The van der Waals surface area contributed by atoms with Crippen molar-refractivity contribution < 1.29 is 19.1 Å². The van der Waals surface area contributed by atoms with Gasteiger partial charge in [0, 0.05) is 0 Å². The first-order valence-corrected chi connectivity index (χ1v) is 10.6. The third-order valence-corrected chi connectivity index (χ3v) is 5.10. The van der Waals surface area contributed by atoms with Crippen LogP contribution in [0.3, 0.4) is 0 Å². The lowest BCUT2D eigenvalue weighted by Gasteiger charge is -2.36. The van der Waals surface area contributed by atoms with E-state index in [0.717, 1.165) is 25.7 Å². The van der Waals surface area contributed by atoms with E-state index in [1.165, 1.54) is 6.42 Å². The second-order valence-electron chi connectivity index (χ2n) is 11.0. The lowest BCUT2D eigenvalue weighted by Crippen LogP contribution is -2.42. The van der Waals surface area contributed by atoms with Crippen LogP contribution in [0.5, 0.6) is 0 Å². The van der Waals surface area contributed by atoms with Gasteiger partial charge in [-0.05, 0) is 35.5 Å². The SMILES string of the molecule is CC(C)C(C(=O)OCC(C)(C)C)C(C(=O)OCC(C)(C)C)C1CCCCC1. The summed E-state index contributed by atoms with van der Waals surface area (Å²) < 4.78 is 11.4. The molecule has 1 aliphatic carbocycles. The van der Waals surface area contributed by atoms with Crippen molar-refractivity contribution in [2.75, 3.05) is 13.2 Å². The zero-order valence-corrected chi connectivity index (χ0v) is 18.9. The van der Waals surface area contributed by atoms with E-state index < -0.39 is 11.8 Å².